The van der Waals surface area contributed by atoms with Crippen LogP contribution in [0.15, 0.2) is 51.8 Å². The Kier molecular flexibility index (Phi) is 7.32. The van der Waals surface area contributed by atoms with E-state index in [1.54, 1.807) is 40.7 Å². The van der Waals surface area contributed by atoms with E-state index in [4.69, 9.17) is 4.74 Å². The summed E-state index contributed by atoms with van der Waals surface area (Å²) in [4.78, 5) is 12.9. The third-order valence-corrected chi connectivity index (χ3v) is 7.21. The molecule has 0 aliphatic carbocycles. The van der Waals surface area contributed by atoms with Gasteiger partial charge in [0.25, 0.3) is 5.91 Å². The van der Waals surface area contributed by atoms with Crippen LogP contribution in [-0.4, -0.2) is 38.3 Å². The summed E-state index contributed by atoms with van der Waals surface area (Å²) in [5.41, 5.74) is 0.926. The molecule has 0 radical (unpaired) electrons. The Morgan fingerprint density at radius 3 is 2.34 bits per heavy atom. The number of nitrogens with one attached hydrogen (secondary N) is 1. The van der Waals surface area contributed by atoms with Gasteiger partial charge >= 0.3 is 0 Å². The van der Waals surface area contributed by atoms with Crippen LogP contribution >= 0.6 is 15.9 Å². The summed E-state index contributed by atoms with van der Waals surface area (Å²) < 4.78 is 33.6. The summed E-state index contributed by atoms with van der Waals surface area (Å²) in [5, 5.41) is 2.80. The van der Waals surface area contributed by atoms with Gasteiger partial charge in [0, 0.05) is 23.2 Å². The average Bonchev–Trinajstić information content (AvgIpc) is 3.00. The van der Waals surface area contributed by atoms with Crippen LogP contribution in [0.1, 0.15) is 43.0 Å². The van der Waals surface area contributed by atoms with Crippen LogP contribution in [0.2, 0.25) is 0 Å². The van der Waals surface area contributed by atoms with E-state index in [2.05, 4.69) is 21.2 Å². The number of benzene rings is 2. The Morgan fingerprint density at radius 2 is 1.72 bits per heavy atom. The molecule has 1 amide bonds. The molecule has 1 fully saturated rings. The van der Waals surface area contributed by atoms with Crippen molar-refractivity contribution in [3.05, 3.63) is 52.5 Å². The summed E-state index contributed by atoms with van der Waals surface area (Å²) in [5.74, 6) is 0.173. The quantitative estimate of drug-likeness (QED) is 0.651. The number of hydrogen-bond acceptors (Lipinski definition) is 4. The first-order chi connectivity index (χ1) is 13.9. The maximum atomic E-state index is 12.9. The topological polar surface area (TPSA) is 75.7 Å². The molecule has 0 unspecified atom stereocenters. The van der Waals surface area contributed by atoms with Crippen LogP contribution in [0.5, 0.6) is 5.75 Å². The van der Waals surface area contributed by atoms with Crippen molar-refractivity contribution in [1.82, 2.24) is 4.31 Å². The number of carbonyl (C=O) groups is 1. The van der Waals surface area contributed by atoms with Gasteiger partial charge in [0.2, 0.25) is 10.0 Å². The van der Waals surface area contributed by atoms with E-state index in [0.29, 0.717) is 36.7 Å². The van der Waals surface area contributed by atoms with Gasteiger partial charge in [-0.2, -0.15) is 4.31 Å². The van der Waals surface area contributed by atoms with Gasteiger partial charge in [0.15, 0.2) is 0 Å². The van der Waals surface area contributed by atoms with Crippen LogP contribution in [0.4, 0.5) is 5.69 Å². The van der Waals surface area contributed by atoms with Crippen molar-refractivity contribution in [3.8, 4) is 5.75 Å². The lowest BCUT2D eigenvalue weighted by Crippen LogP contribution is -2.31. The third-order valence-electron chi connectivity index (χ3n) is 4.80. The predicted molar refractivity (Wildman–Crippen MR) is 117 cm³/mol. The first kappa shape index (κ1) is 21.8. The van der Waals surface area contributed by atoms with Crippen molar-refractivity contribution in [2.24, 2.45) is 0 Å². The number of sulfonamides is 1. The summed E-state index contributed by atoms with van der Waals surface area (Å²) in [7, 11) is -3.51. The number of nitrogens with zero attached hydrogens (tertiary/aromatic N) is 1. The van der Waals surface area contributed by atoms with Gasteiger partial charge in [0.1, 0.15) is 5.75 Å². The Balaban J connectivity index is 1.75. The highest BCUT2D eigenvalue weighted by Crippen LogP contribution is 2.26. The second-order valence-electron chi connectivity index (χ2n) is 6.87. The number of halogens is 1. The summed E-state index contributed by atoms with van der Waals surface area (Å²) in [6, 6.07) is 11.5. The van der Waals surface area contributed by atoms with Crippen molar-refractivity contribution in [3.63, 3.8) is 0 Å². The predicted octanol–water partition coefficient (Wildman–Crippen LogP) is 4.66. The van der Waals surface area contributed by atoms with Crippen molar-refractivity contribution in [1.29, 1.82) is 0 Å². The molecule has 0 aromatic heterocycles. The van der Waals surface area contributed by atoms with Crippen LogP contribution in [0.3, 0.4) is 0 Å². The molecule has 3 rings (SSSR count). The SMILES string of the molecule is CCOc1ccc(Br)cc1C(=O)Nc1ccc(S(=O)(=O)N2CCCCCC2)cc1. The van der Waals surface area contributed by atoms with E-state index in [9.17, 15) is 13.2 Å². The first-order valence-corrected chi connectivity index (χ1v) is 12.0. The van der Waals surface area contributed by atoms with Crippen LogP contribution in [0, 0.1) is 0 Å². The normalized spacial score (nSPS) is 15.5. The fourth-order valence-corrected chi connectivity index (χ4v) is 5.18. The van der Waals surface area contributed by atoms with Gasteiger partial charge in [-0.25, -0.2) is 8.42 Å². The van der Waals surface area contributed by atoms with Crippen LogP contribution < -0.4 is 10.1 Å². The van der Waals surface area contributed by atoms with Gasteiger partial charge in [-0.15, -0.1) is 0 Å². The minimum Gasteiger partial charge on any atom is -0.493 e. The Hall–Kier alpha value is -1.90. The van der Waals surface area contributed by atoms with Gasteiger partial charge in [-0.1, -0.05) is 28.8 Å². The van der Waals surface area contributed by atoms with E-state index >= 15 is 0 Å². The zero-order valence-corrected chi connectivity index (χ0v) is 18.8. The number of hydrogen-bond donors (Lipinski definition) is 1. The fourth-order valence-electron chi connectivity index (χ4n) is 3.30. The minimum absolute atomic E-state index is 0.245. The van der Waals surface area contributed by atoms with Crippen LogP contribution in [0.25, 0.3) is 0 Å². The molecule has 0 saturated carbocycles. The maximum Gasteiger partial charge on any atom is 0.259 e. The maximum absolute atomic E-state index is 12.9. The van der Waals surface area contributed by atoms with E-state index in [1.807, 2.05) is 13.0 Å². The van der Waals surface area contributed by atoms with Gasteiger partial charge in [-0.3, -0.25) is 4.79 Å². The molecule has 1 saturated heterocycles. The molecular formula is C21H25BrN2O4S. The van der Waals surface area contributed by atoms with Crippen molar-refractivity contribution in [2.75, 3.05) is 25.0 Å². The third kappa shape index (κ3) is 5.38. The molecule has 1 heterocycles. The standard InChI is InChI=1S/C21H25BrN2O4S/c1-2-28-20-12-7-16(22)15-19(20)21(25)23-17-8-10-18(11-9-17)29(26,27)24-13-5-3-4-6-14-24/h7-12,15H,2-6,13-14H2,1H3,(H,23,25). The molecule has 29 heavy (non-hydrogen) atoms. The molecule has 156 valence electrons. The lowest BCUT2D eigenvalue weighted by Gasteiger charge is -2.20. The molecule has 0 bridgehead atoms. The number of amides is 1. The second-order valence-corrected chi connectivity index (χ2v) is 9.72. The number of anilines is 1. The summed E-state index contributed by atoms with van der Waals surface area (Å²) in [6.45, 7) is 3.42. The summed E-state index contributed by atoms with van der Waals surface area (Å²) >= 11 is 3.37. The Bertz CT molecular complexity index is 953. The molecule has 2 aromatic rings. The molecule has 1 aliphatic rings. The molecule has 6 nitrogen and oxygen atoms in total. The number of rotatable bonds is 6. The Labute approximate surface area is 180 Å². The van der Waals surface area contributed by atoms with Gasteiger partial charge < -0.3 is 10.1 Å². The molecule has 8 heteroatoms. The fraction of sp³-hybridized carbons (Fsp3) is 0.381. The lowest BCUT2D eigenvalue weighted by atomic mass is 10.2. The van der Waals surface area contributed by atoms with E-state index in [0.717, 1.165) is 30.2 Å². The van der Waals surface area contributed by atoms with Crippen LogP contribution in [-0.2, 0) is 10.0 Å². The molecule has 1 aliphatic heterocycles. The Morgan fingerprint density at radius 1 is 1.07 bits per heavy atom. The van der Waals surface area contributed by atoms with E-state index < -0.39 is 10.0 Å². The highest BCUT2D eigenvalue weighted by molar-refractivity contribution is 9.10. The van der Waals surface area contributed by atoms with E-state index in [1.165, 1.54) is 0 Å². The number of carbonyl (C=O) groups excluding carboxylic acids is 1. The molecule has 2 aromatic carbocycles. The second kappa shape index (κ2) is 9.73. The van der Waals surface area contributed by atoms with Crippen molar-refractivity contribution >= 4 is 37.5 Å². The van der Waals surface area contributed by atoms with Gasteiger partial charge in [0.05, 0.1) is 17.1 Å². The monoisotopic (exact) mass is 480 g/mol. The largest absolute Gasteiger partial charge is 0.493 e. The lowest BCUT2D eigenvalue weighted by molar-refractivity contribution is 0.102. The zero-order valence-electron chi connectivity index (χ0n) is 16.4. The first-order valence-electron chi connectivity index (χ1n) is 9.75. The molecule has 1 N–H and O–H groups in total. The molecule has 0 spiro atoms. The molecular weight excluding hydrogens is 456 g/mol. The minimum atomic E-state index is -3.51. The smallest absolute Gasteiger partial charge is 0.259 e. The van der Waals surface area contributed by atoms with Gasteiger partial charge in [-0.05, 0) is 62.2 Å². The highest BCUT2D eigenvalue weighted by Gasteiger charge is 2.25. The molecule has 0 atom stereocenters. The highest BCUT2D eigenvalue weighted by atomic mass is 79.9. The average molecular weight is 481 g/mol. The van der Waals surface area contributed by atoms with E-state index in [-0.39, 0.29) is 10.8 Å². The summed E-state index contributed by atoms with van der Waals surface area (Å²) in [6.07, 6.45) is 3.91. The number of ether oxygens (including phenoxy) is 1. The van der Waals surface area contributed by atoms with Crippen molar-refractivity contribution < 1.29 is 17.9 Å². The zero-order chi connectivity index (χ0) is 20.9. The van der Waals surface area contributed by atoms with Crippen molar-refractivity contribution in [2.45, 2.75) is 37.5 Å².